The van der Waals surface area contributed by atoms with Crippen molar-refractivity contribution in [3.63, 3.8) is 0 Å². The quantitative estimate of drug-likeness (QED) is 0.790. The fourth-order valence-corrected chi connectivity index (χ4v) is 1.91. The second kappa shape index (κ2) is 5.79. The first-order valence-corrected chi connectivity index (χ1v) is 6.08. The molecule has 1 aliphatic heterocycles. The zero-order chi connectivity index (χ0) is 13.0. The van der Waals surface area contributed by atoms with Crippen LogP contribution < -0.4 is 10.7 Å². The van der Waals surface area contributed by atoms with Gasteiger partial charge in [-0.05, 0) is 19.2 Å². The van der Waals surface area contributed by atoms with E-state index in [1.807, 2.05) is 5.01 Å². The summed E-state index contributed by atoms with van der Waals surface area (Å²) in [5, 5.41) is 4.88. The van der Waals surface area contributed by atoms with Crippen molar-refractivity contribution in [3.05, 3.63) is 23.9 Å². The molecule has 0 spiro atoms. The summed E-state index contributed by atoms with van der Waals surface area (Å²) in [7, 11) is 3.84. The highest BCUT2D eigenvalue weighted by atomic mass is 16.2. The molecule has 98 valence electrons. The number of aromatic nitrogens is 1. The van der Waals surface area contributed by atoms with Crippen molar-refractivity contribution in [3.8, 4) is 0 Å². The lowest BCUT2D eigenvalue weighted by atomic mass is 10.2. The van der Waals surface area contributed by atoms with Crippen molar-refractivity contribution < 1.29 is 4.79 Å². The molecule has 2 N–H and O–H groups in total. The molecule has 0 unspecified atom stereocenters. The Hall–Kier alpha value is -1.66. The molecule has 2 rings (SSSR count). The zero-order valence-electron chi connectivity index (χ0n) is 10.8. The molecule has 1 fully saturated rings. The van der Waals surface area contributed by atoms with Gasteiger partial charge < -0.3 is 10.2 Å². The number of piperazine rings is 1. The van der Waals surface area contributed by atoms with E-state index >= 15 is 0 Å². The molecule has 6 nitrogen and oxygen atoms in total. The van der Waals surface area contributed by atoms with Crippen LogP contribution in [0, 0.1) is 0 Å². The van der Waals surface area contributed by atoms with Crippen molar-refractivity contribution in [1.82, 2.24) is 20.3 Å². The number of carbonyl (C=O) groups excluding carboxylic acids is 1. The van der Waals surface area contributed by atoms with Crippen molar-refractivity contribution in [2.24, 2.45) is 0 Å². The minimum absolute atomic E-state index is 0.114. The summed E-state index contributed by atoms with van der Waals surface area (Å²) in [5.74, 6) is 0.487. The van der Waals surface area contributed by atoms with Crippen LogP contribution in [0.1, 0.15) is 10.4 Å². The van der Waals surface area contributed by atoms with Crippen LogP contribution in [0.25, 0.3) is 0 Å². The summed E-state index contributed by atoms with van der Waals surface area (Å²) in [6, 6.07) is 3.53. The number of rotatable bonds is 3. The van der Waals surface area contributed by atoms with Gasteiger partial charge in [-0.15, -0.1) is 0 Å². The van der Waals surface area contributed by atoms with E-state index in [-0.39, 0.29) is 5.91 Å². The number of hydrogen-bond donors (Lipinski definition) is 2. The molecule has 0 bridgehead atoms. The van der Waals surface area contributed by atoms with Gasteiger partial charge in [-0.3, -0.25) is 10.2 Å². The van der Waals surface area contributed by atoms with Gasteiger partial charge in [0.25, 0.3) is 5.91 Å². The molecule has 1 aromatic heterocycles. The van der Waals surface area contributed by atoms with Gasteiger partial charge in [0.05, 0.1) is 5.56 Å². The first-order chi connectivity index (χ1) is 8.70. The number of nitrogens with one attached hydrogen (secondary N) is 2. The molecule has 0 aliphatic carbocycles. The summed E-state index contributed by atoms with van der Waals surface area (Å²) in [6.07, 6.45) is 1.67. The Morgan fingerprint density at radius 2 is 2.06 bits per heavy atom. The maximum absolute atomic E-state index is 12.1. The van der Waals surface area contributed by atoms with Gasteiger partial charge in [0.15, 0.2) is 0 Å². The van der Waals surface area contributed by atoms with Gasteiger partial charge in [-0.2, -0.15) is 0 Å². The Morgan fingerprint density at radius 3 is 2.72 bits per heavy atom. The number of hydrogen-bond acceptors (Lipinski definition) is 5. The van der Waals surface area contributed by atoms with E-state index in [4.69, 9.17) is 0 Å². The van der Waals surface area contributed by atoms with Crippen LogP contribution in [0.4, 0.5) is 5.82 Å². The summed E-state index contributed by atoms with van der Waals surface area (Å²) in [5.41, 5.74) is 3.49. The monoisotopic (exact) mass is 249 g/mol. The smallest absolute Gasteiger partial charge is 0.269 e. The van der Waals surface area contributed by atoms with Gasteiger partial charge in [0.2, 0.25) is 0 Å². The Morgan fingerprint density at radius 1 is 1.33 bits per heavy atom. The SMILES string of the molecule is CNc1ncccc1C(=O)NN1CCN(C)CC1. The Bertz CT molecular complexity index is 415. The average Bonchev–Trinajstić information content (AvgIpc) is 2.41. The van der Waals surface area contributed by atoms with E-state index in [2.05, 4.69) is 27.7 Å². The second-order valence-electron chi connectivity index (χ2n) is 4.38. The zero-order valence-corrected chi connectivity index (χ0v) is 10.8. The van der Waals surface area contributed by atoms with E-state index < -0.39 is 0 Å². The van der Waals surface area contributed by atoms with E-state index in [1.54, 1.807) is 25.4 Å². The minimum atomic E-state index is -0.114. The van der Waals surface area contributed by atoms with E-state index in [1.165, 1.54) is 0 Å². The fraction of sp³-hybridized carbons (Fsp3) is 0.500. The lowest BCUT2D eigenvalue weighted by Crippen LogP contribution is -2.52. The lowest BCUT2D eigenvalue weighted by molar-refractivity contribution is 0.0663. The first-order valence-electron chi connectivity index (χ1n) is 6.08. The van der Waals surface area contributed by atoms with Crippen LogP contribution in [0.3, 0.4) is 0 Å². The van der Waals surface area contributed by atoms with Crippen LogP contribution in [-0.4, -0.2) is 61.1 Å². The van der Waals surface area contributed by atoms with Gasteiger partial charge in [-0.1, -0.05) is 0 Å². The van der Waals surface area contributed by atoms with Gasteiger partial charge in [0.1, 0.15) is 5.82 Å². The number of carbonyl (C=O) groups is 1. The number of likely N-dealkylation sites (N-methyl/N-ethyl adjacent to an activating group) is 1. The topological polar surface area (TPSA) is 60.5 Å². The molecule has 0 aromatic carbocycles. The second-order valence-corrected chi connectivity index (χ2v) is 4.38. The molecular weight excluding hydrogens is 230 g/mol. The fourth-order valence-electron chi connectivity index (χ4n) is 1.91. The highest BCUT2D eigenvalue weighted by molar-refractivity contribution is 5.98. The molecule has 6 heteroatoms. The summed E-state index contributed by atoms with van der Waals surface area (Å²) >= 11 is 0. The summed E-state index contributed by atoms with van der Waals surface area (Å²) in [6.45, 7) is 3.62. The van der Waals surface area contributed by atoms with Crippen molar-refractivity contribution >= 4 is 11.7 Å². The number of nitrogens with zero attached hydrogens (tertiary/aromatic N) is 3. The van der Waals surface area contributed by atoms with Crippen LogP contribution in [-0.2, 0) is 0 Å². The molecule has 0 atom stereocenters. The molecule has 1 aromatic rings. The molecule has 18 heavy (non-hydrogen) atoms. The molecule has 1 amide bonds. The van der Waals surface area contributed by atoms with Crippen molar-refractivity contribution in [2.45, 2.75) is 0 Å². The lowest BCUT2D eigenvalue weighted by Gasteiger charge is -2.32. The number of hydrazine groups is 1. The van der Waals surface area contributed by atoms with Crippen LogP contribution in [0.5, 0.6) is 0 Å². The third kappa shape index (κ3) is 2.96. The Balaban J connectivity index is 1.99. The van der Waals surface area contributed by atoms with Gasteiger partial charge >= 0.3 is 0 Å². The van der Waals surface area contributed by atoms with Crippen LogP contribution >= 0.6 is 0 Å². The third-order valence-electron chi connectivity index (χ3n) is 3.05. The molecular formula is C12H19N5O. The van der Waals surface area contributed by atoms with E-state index in [9.17, 15) is 4.79 Å². The van der Waals surface area contributed by atoms with E-state index in [0.717, 1.165) is 26.2 Å². The molecule has 1 saturated heterocycles. The first kappa shape index (κ1) is 12.8. The van der Waals surface area contributed by atoms with Gasteiger partial charge in [0, 0.05) is 39.4 Å². The number of pyridine rings is 1. The maximum atomic E-state index is 12.1. The summed E-state index contributed by atoms with van der Waals surface area (Å²) in [4.78, 5) is 18.5. The number of anilines is 1. The van der Waals surface area contributed by atoms with Crippen LogP contribution in [0.15, 0.2) is 18.3 Å². The normalized spacial score (nSPS) is 17.4. The molecule has 1 aliphatic rings. The largest absolute Gasteiger partial charge is 0.372 e. The predicted octanol–water partition coefficient (Wildman–Crippen LogP) is 0.0155. The maximum Gasteiger partial charge on any atom is 0.269 e. The Kier molecular flexibility index (Phi) is 4.11. The number of amides is 1. The highest BCUT2D eigenvalue weighted by Gasteiger charge is 2.18. The third-order valence-corrected chi connectivity index (χ3v) is 3.05. The standard InChI is InChI=1S/C12H19N5O/c1-13-11-10(4-3-5-14-11)12(18)15-17-8-6-16(2)7-9-17/h3-5H,6-9H2,1-2H3,(H,13,14)(H,15,18). The molecule has 0 radical (unpaired) electrons. The molecule has 2 heterocycles. The minimum Gasteiger partial charge on any atom is -0.372 e. The average molecular weight is 249 g/mol. The molecule has 0 saturated carbocycles. The Labute approximate surface area is 107 Å². The predicted molar refractivity (Wildman–Crippen MR) is 70.3 cm³/mol. The highest BCUT2D eigenvalue weighted by Crippen LogP contribution is 2.10. The summed E-state index contributed by atoms with van der Waals surface area (Å²) < 4.78 is 0. The van der Waals surface area contributed by atoms with Crippen LogP contribution in [0.2, 0.25) is 0 Å². The van der Waals surface area contributed by atoms with Crippen molar-refractivity contribution in [1.29, 1.82) is 0 Å². The van der Waals surface area contributed by atoms with E-state index in [0.29, 0.717) is 11.4 Å². The van der Waals surface area contributed by atoms with Crippen molar-refractivity contribution in [2.75, 3.05) is 45.6 Å². The van der Waals surface area contributed by atoms with Gasteiger partial charge in [-0.25, -0.2) is 9.99 Å².